The van der Waals surface area contributed by atoms with Crippen molar-refractivity contribution in [2.45, 2.75) is 121 Å². The van der Waals surface area contributed by atoms with Crippen LogP contribution in [0.2, 0.25) is 0 Å². The molecule has 295 valence electrons. The fourth-order valence-corrected chi connectivity index (χ4v) is 7.93. The minimum atomic E-state index is -0.337. The number of furan rings is 1. The average Bonchev–Trinajstić information content (AvgIpc) is 3.74. The second-order valence-corrected chi connectivity index (χ2v) is 17.9. The van der Waals surface area contributed by atoms with E-state index < -0.39 is 0 Å². The first kappa shape index (κ1) is 44.1. The van der Waals surface area contributed by atoms with Gasteiger partial charge in [0.25, 0.3) is 0 Å². The first-order valence-corrected chi connectivity index (χ1v) is 20.7. The van der Waals surface area contributed by atoms with Crippen LogP contribution in [0.4, 0.5) is 0 Å². The smallest absolute Gasteiger partial charge is 0.164 e. The Morgan fingerprint density at radius 3 is 2.18 bits per heavy atom. The summed E-state index contributed by atoms with van der Waals surface area (Å²) in [6.07, 6.45) is 5.70. The third-order valence-electron chi connectivity index (χ3n) is 11.7. The van der Waals surface area contributed by atoms with Gasteiger partial charge in [-0.05, 0) is 78.1 Å². The molecule has 0 aliphatic heterocycles. The number of aryl methyl sites for hydroxylation is 1. The van der Waals surface area contributed by atoms with Crippen LogP contribution in [0, 0.1) is 29.7 Å². The van der Waals surface area contributed by atoms with Crippen LogP contribution >= 0.6 is 11.3 Å². The normalized spacial score (nSPS) is 12.6. The van der Waals surface area contributed by atoms with Gasteiger partial charge in [0.2, 0.25) is 0 Å². The molecule has 0 aliphatic rings. The summed E-state index contributed by atoms with van der Waals surface area (Å²) in [5, 5.41) is 15.9. The van der Waals surface area contributed by atoms with Crippen LogP contribution in [0.25, 0.3) is 54.3 Å². The van der Waals surface area contributed by atoms with E-state index in [0.29, 0.717) is 5.92 Å². The van der Waals surface area contributed by atoms with Gasteiger partial charge in [-0.2, -0.15) is 0 Å². The molecule has 3 aromatic heterocycles. The number of benzene rings is 3. The van der Waals surface area contributed by atoms with Crippen molar-refractivity contribution in [1.82, 2.24) is 4.98 Å². The Balaban J connectivity index is 0.000000320. The van der Waals surface area contributed by atoms with Crippen LogP contribution in [-0.2, 0) is 36.7 Å². The van der Waals surface area contributed by atoms with E-state index in [9.17, 15) is 9.90 Å². The van der Waals surface area contributed by atoms with Crippen LogP contribution in [0.15, 0.2) is 82.3 Å². The predicted molar refractivity (Wildman–Crippen MR) is 232 cm³/mol. The van der Waals surface area contributed by atoms with Crippen LogP contribution < -0.4 is 0 Å². The molecule has 0 saturated carbocycles. The first-order chi connectivity index (χ1) is 25.5. The number of hydrogen-bond acceptors (Lipinski definition) is 5. The van der Waals surface area contributed by atoms with Gasteiger partial charge in [0.1, 0.15) is 17.1 Å². The summed E-state index contributed by atoms with van der Waals surface area (Å²) in [4.78, 5) is 17.4. The number of allylic oxidation sites excluding steroid dienone is 2. The maximum absolute atomic E-state index is 12.2. The van der Waals surface area contributed by atoms with Gasteiger partial charge in [0, 0.05) is 54.5 Å². The molecular weight excluding hydrogens is 875 g/mol. The monoisotopic (exact) mass is 935 g/mol. The minimum Gasteiger partial charge on any atom is -0.512 e. The number of pyridine rings is 1. The van der Waals surface area contributed by atoms with Crippen LogP contribution in [-0.4, -0.2) is 15.9 Å². The molecule has 4 nitrogen and oxygen atoms in total. The molecule has 6 aromatic rings. The van der Waals surface area contributed by atoms with E-state index in [1.807, 2.05) is 41.5 Å². The van der Waals surface area contributed by atoms with Crippen molar-refractivity contribution < 1.29 is 34.4 Å². The number of aliphatic hydroxyl groups is 1. The Morgan fingerprint density at radius 1 is 0.909 bits per heavy atom. The summed E-state index contributed by atoms with van der Waals surface area (Å²) in [5.74, 6) is 1.90. The molecule has 1 radical (unpaired) electrons. The van der Waals surface area contributed by atoms with Gasteiger partial charge in [-0.25, -0.2) is 0 Å². The van der Waals surface area contributed by atoms with Crippen LogP contribution in [0.3, 0.4) is 0 Å². The number of nitrogens with zero attached hydrogens (tertiary/aromatic N) is 1. The number of thiophene rings is 1. The molecule has 0 fully saturated rings. The van der Waals surface area contributed by atoms with Gasteiger partial charge in [-0.1, -0.05) is 124 Å². The molecule has 0 aliphatic carbocycles. The van der Waals surface area contributed by atoms with Gasteiger partial charge in [0.15, 0.2) is 5.78 Å². The SMILES string of the molecule is CCC(C)(CC)C(=O)/C=C(\O)C(C)(CC)CC.Cc1csc2c(-c3ccc4cc(CC(C)C)oc4c3)cc(-c3[c-]c4ccccc4c(C(C)(C)C)c3)nc12.[Ir]. The predicted octanol–water partition coefficient (Wildman–Crippen LogP) is 14.8. The number of aliphatic hydroxyl groups excluding tert-OH is 1. The second kappa shape index (κ2) is 17.7. The molecule has 3 aromatic carbocycles. The maximum atomic E-state index is 12.2. The van der Waals surface area contributed by atoms with E-state index in [4.69, 9.17) is 9.40 Å². The summed E-state index contributed by atoms with van der Waals surface area (Å²) in [6, 6.07) is 25.5. The molecule has 0 amide bonds. The van der Waals surface area contributed by atoms with Gasteiger partial charge in [0.05, 0.1) is 10.2 Å². The van der Waals surface area contributed by atoms with Gasteiger partial charge in [-0.3, -0.25) is 9.78 Å². The molecule has 0 spiro atoms. The van der Waals surface area contributed by atoms with Gasteiger partial charge in [-0.15, -0.1) is 40.5 Å². The number of rotatable bonds is 11. The topological polar surface area (TPSA) is 63.3 Å². The number of ketones is 1. The van der Waals surface area contributed by atoms with E-state index in [-0.39, 0.29) is 47.9 Å². The van der Waals surface area contributed by atoms with Crippen molar-refractivity contribution in [3.8, 4) is 22.4 Å². The molecule has 6 rings (SSSR count). The number of carbonyl (C=O) groups is 1. The van der Waals surface area contributed by atoms with E-state index in [1.165, 1.54) is 32.9 Å². The summed E-state index contributed by atoms with van der Waals surface area (Å²) < 4.78 is 7.47. The molecular formula is C49H60IrNO3S-. The Morgan fingerprint density at radius 2 is 1.56 bits per heavy atom. The zero-order valence-electron chi connectivity index (χ0n) is 35.0. The maximum Gasteiger partial charge on any atom is 0.164 e. The van der Waals surface area contributed by atoms with Crippen molar-refractivity contribution in [3.05, 3.63) is 101 Å². The largest absolute Gasteiger partial charge is 0.512 e. The fourth-order valence-electron chi connectivity index (χ4n) is 6.90. The average molecular weight is 935 g/mol. The molecule has 3 heterocycles. The Labute approximate surface area is 347 Å². The zero-order chi connectivity index (χ0) is 39.6. The van der Waals surface area contributed by atoms with Crippen molar-refractivity contribution in [3.63, 3.8) is 0 Å². The number of carbonyl (C=O) groups excluding carboxylic acids is 1. The number of aromatic nitrogens is 1. The molecule has 0 saturated heterocycles. The van der Waals surface area contributed by atoms with E-state index >= 15 is 0 Å². The quantitative estimate of drug-likeness (QED) is 0.0799. The third-order valence-corrected chi connectivity index (χ3v) is 12.8. The van der Waals surface area contributed by atoms with Crippen molar-refractivity contribution in [2.75, 3.05) is 0 Å². The third kappa shape index (κ3) is 9.53. The second-order valence-electron chi connectivity index (χ2n) is 17.0. The summed E-state index contributed by atoms with van der Waals surface area (Å²) in [5.41, 5.74) is 8.29. The van der Waals surface area contributed by atoms with E-state index in [1.54, 1.807) is 11.3 Å². The molecule has 1 N–H and O–H groups in total. The van der Waals surface area contributed by atoms with Crippen LogP contribution in [0.5, 0.6) is 0 Å². The van der Waals surface area contributed by atoms with Crippen molar-refractivity contribution in [2.24, 2.45) is 16.7 Å². The molecule has 6 heteroatoms. The number of fused-ring (bicyclic) bond motifs is 3. The summed E-state index contributed by atoms with van der Waals surface area (Å²) in [7, 11) is 0. The number of hydrogen-bond donors (Lipinski definition) is 1. The standard InChI is InChI=1S/C34H32NOS.C15H28O2.Ir/c1-20(2)13-26-15-24-12-11-23(17-31(24)36-26)28-18-30(35-32-21(3)19-37-33(28)32)25-14-22-9-7-8-10-27(22)29(16-25)34(4,5)6;1-7-14(5,8-2)12(16)11-13(17)15(6,9-3)10-4;/h7-12,15-20H,13H2,1-6H3;11,16H,7-10H2,1-6H3;/q-1;;/b;12-11-;. The van der Waals surface area contributed by atoms with Crippen LogP contribution in [0.1, 0.15) is 119 Å². The minimum absolute atomic E-state index is 0. The Hall–Kier alpha value is -3.57. The summed E-state index contributed by atoms with van der Waals surface area (Å²) in [6.45, 7) is 25.5. The summed E-state index contributed by atoms with van der Waals surface area (Å²) >= 11 is 1.76. The molecule has 0 atom stereocenters. The Kier molecular flexibility index (Phi) is 14.2. The van der Waals surface area contributed by atoms with Crippen molar-refractivity contribution in [1.29, 1.82) is 0 Å². The van der Waals surface area contributed by atoms with Crippen molar-refractivity contribution >= 4 is 49.1 Å². The zero-order valence-corrected chi connectivity index (χ0v) is 38.2. The van der Waals surface area contributed by atoms with E-state index in [0.717, 1.165) is 76.6 Å². The fraction of sp³-hybridized carbons (Fsp3) is 0.429. The van der Waals surface area contributed by atoms with Gasteiger partial charge < -0.3 is 9.52 Å². The molecule has 0 unspecified atom stereocenters. The molecule has 55 heavy (non-hydrogen) atoms. The first-order valence-electron chi connectivity index (χ1n) is 19.8. The van der Waals surface area contributed by atoms with Gasteiger partial charge >= 0.3 is 0 Å². The van der Waals surface area contributed by atoms with E-state index in [2.05, 4.69) is 114 Å². The Bertz CT molecular complexity index is 2290. The molecule has 0 bridgehead atoms.